The van der Waals surface area contributed by atoms with Crippen LogP contribution in [-0.2, 0) is 0 Å². The Morgan fingerprint density at radius 3 is 3.00 bits per heavy atom. The van der Waals surface area contributed by atoms with Crippen molar-refractivity contribution >= 4 is 21.6 Å². The van der Waals surface area contributed by atoms with E-state index in [1.807, 2.05) is 12.3 Å². The van der Waals surface area contributed by atoms with Crippen LogP contribution >= 0.6 is 11.3 Å². The van der Waals surface area contributed by atoms with Crippen LogP contribution in [-0.4, -0.2) is 0 Å². The molecule has 0 saturated carbocycles. The zero-order chi connectivity index (χ0) is 6.10. The standard InChI is InChI=1S/C7H5NS.HI/c1-2-7-6(8-4-1)3-5-9-7;/h1-5H;1H. The van der Waals surface area contributed by atoms with Gasteiger partial charge in [0.15, 0.2) is 6.20 Å². The molecule has 0 unspecified atom stereocenters. The van der Waals surface area contributed by atoms with Gasteiger partial charge in [-0.2, -0.15) is 0 Å². The molecule has 2 heterocycles. The molecule has 2 rings (SSSR count). The van der Waals surface area contributed by atoms with Crippen molar-refractivity contribution in [1.29, 1.82) is 0 Å². The highest BCUT2D eigenvalue weighted by molar-refractivity contribution is 7.17. The van der Waals surface area contributed by atoms with Crippen molar-refractivity contribution in [3.63, 3.8) is 0 Å². The molecular formula is C7H6INS. The number of rotatable bonds is 0. The van der Waals surface area contributed by atoms with E-state index in [9.17, 15) is 0 Å². The fourth-order valence-corrected chi connectivity index (χ4v) is 1.60. The molecule has 0 bridgehead atoms. The van der Waals surface area contributed by atoms with E-state index >= 15 is 0 Å². The first kappa shape index (κ1) is 7.94. The zero-order valence-corrected chi connectivity index (χ0v) is 8.15. The molecule has 0 aliphatic heterocycles. The summed E-state index contributed by atoms with van der Waals surface area (Å²) in [6.07, 6.45) is 1.94. The number of fused-ring (bicyclic) bond motifs is 1. The molecule has 1 N–H and O–H groups in total. The zero-order valence-electron chi connectivity index (χ0n) is 5.17. The molecule has 52 valence electrons. The smallest absolute Gasteiger partial charge is 0.221 e. The monoisotopic (exact) mass is 263 g/mol. The van der Waals surface area contributed by atoms with Gasteiger partial charge in [0.2, 0.25) is 5.52 Å². The summed E-state index contributed by atoms with van der Waals surface area (Å²) in [7, 11) is 0. The molecule has 1 nitrogen and oxygen atoms in total. The quantitative estimate of drug-likeness (QED) is 0.526. The second-order valence-corrected chi connectivity index (χ2v) is 2.82. The lowest BCUT2D eigenvalue weighted by molar-refractivity contribution is -0.344. The van der Waals surface area contributed by atoms with E-state index in [-0.39, 0.29) is 24.0 Å². The Balaban J connectivity index is 0.000000500. The molecule has 2 aromatic heterocycles. The Hall–Kier alpha value is -0.160. The summed E-state index contributed by atoms with van der Waals surface area (Å²) in [5.41, 5.74) is 1.22. The second kappa shape index (κ2) is 3.30. The summed E-state index contributed by atoms with van der Waals surface area (Å²) in [5.74, 6) is 0. The van der Waals surface area contributed by atoms with Crippen molar-refractivity contribution in [3.05, 3.63) is 29.8 Å². The summed E-state index contributed by atoms with van der Waals surface area (Å²) >= 11 is 1.76. The Morgan fingerprint density at radius 2 is 2.20 bits per heavy atom. The van der Waals surface area contributed by atoms with Crippen LogP contribution in [0, 0.1) is 0 Å². The van der Waals surface area contributed by atoms with Crippen LogP contribution in [0.5, 0.6) is 0 Å². The van der Waals surface area contributed by atoms with E-state index in [1.165, 1.54) is 10.2 Å². The molecule has 0 radical (unpaired) electrons. The van der Waals surface area contributed by atoms with E-state index < -0.39 is 0 Å². The fraction of sp³-hybridized carbons (Fsp3) is 0. The lowest BCUT2D eigenvalue weighted by atomic mass is 10.4. The van der Waals surface area contributed by atoms with Crippen LogP contribution in [0.25, 0.3) is 10.2 Å². The van der Waals surface area contributed by atoms with Gasteiger partial charge in [0.1, 0.15) is 0 Å². The molecular weight excluding hydrogens is 257 g/mol. The maximum Gasteiger partial charge on any atom is 0.221 e. The normalized spacial score (nSPS) is 9.20. The van der Waals surface area contributed by atoms with Gasteiger partial charge in [-0.1, -0.05) is 0 Å². The number of aromatic amines is 1. The van der Waals surface area contributed by atoms with Crippen molar-refractivity contribution in [2.24, 2.45) is 0 Å². The maximum atomic E-state index is 3.14. The predicted molar refractivity (Wildman–Crippen MR) is 38.4 cm³/mol. The van der Waals surface area contributed by atoms with Gasteiger partial charge in [0.25, 0.3) is 0 Å². The number of pyridine rings is 1. The SMILES string of the molecule is [I-].c1c[nH+]c2ccsc2c1. The number of nitrogens with one attached hydrogen (secondary N) is 1. The molecule has 3 heteroatoms. The maximum absolute atomic E-state index is 3.14. The van der Waals surface area contributed by atoms with Gasteiger partial charge in [-0.25, -0.2) is 4.98 Å². The summed E-state index contributed by atoms with van der Waals surface area (Å²) in [6.45, 7) is 0. The van der Waals surface area contributed by atoms with Gasteiger partial charge in [0, 0.05) is 12.1 Å². The third-order valence-corrected chi connectivity index (χ3v) is 2.16. The molecule has 0 saturated heterocycles. The van der Waals surface area contributed by atoms with Crippen LogP contribution in [0.3, 0.4) is 0 Å². The lowest BCUT2D eigenvalue weighted by Gasteiger charge is -1.75. The number of thiophene rings is 1. The van der Waals surface area contributed by atoms with Gasteiger partial charge in [-0.3, -0.25) is 0 Å². The number of H-pyrrole nitrogens is 1. The van der Waals surface area contributed by atoms with Gasteiger partial charge >= 0.3 is 0 Å². The largest absolute Gasteiger partial charge is 1.00 e. The van der Waals surface area contributed by atoms with Crippen molar-refractivity contribution in [2.45, 2.75) is 0 Å². The van der Waals surface area contributed by atoms with Crippen molar-refractivity contribution in [3.8, 4) is 0 Å². The average Bonchev–Trinajstić information content (AvgIpc) is 2.33. The van der Waals surface area contributed by atoms with Crippen molar-refractivity contribution in [2.75, 3.05) is 0 Å². The van der Waals surface area contributed by atoms with Gasteiger partial charge in [0.05, 0.1) is 4.70 Å². The first-order valence-corrected chi connectivity index (χ1v) is 3.69. The Bertz CT molecular complexity index is 288. The Morgan fingerprint density at radius 1 is 1.30 bits per heavy atom. The fourth-order valence-electron chi connectivity index (χ4n) is 0.843. The molecule has 0 aliphatic carbocycles. The number of hydrogen-bond acceptors (Lipinski definition) is 1. The molecule has 0 spiro atoms. The van der Waals surface area contributed by atoms with E-state index in [4.69, 9.17) is 0 Å². The highest BCUT2D eigenvalue weighted by atomic mass is 127. The van der Waals surface area contributed by atoms with Crippen LogP contribution < -0.4 is 29.0 Å². The summed E-state index contributed by atoms with van der Waals surface area (Å²) < 4.78 is 1.32. The topological polar surface area (TPSA) is 14.1 Å². The molecule has 0 aliphatic rings. The van der Waals surface area contributed by atoms with Crippen LogP contribution in [0.4, 0.5) is 0 Å². The summed E-state index contributed by atoms with van der Waals surface area (Å²) in [4.78, 5) is 3.14. The first-order valence-electron chi connectivity index (χ1n) is 2.81. The number of aromatic nitrogens is 1. The molecule has 0 atom stereocenters. The van der Waals surface area contributed by atoms with Gasteiger partial charge in [-0.15, -0.1) is 11.3 Å². The summed E-state index contributed by atoms with van der Waals surface area (Å²) in [5, 5.41) is 2.08. The second-order valence-electron chi connectivity index (χ2n) is 1.87. The van der Waals surface area contributed by atoms with Crippen LogP contribution in [0.2, 0.25) is 0 Å². The average molecular weight is 263 g/mol. The number of halogens is 1. The third kappa shape index (κ3) is 1.29. The highest BCUT2D eigenvalue weighted by Crippen LogP contribution is 2.14. The molecule has 10 heavy (non-hydrogen) atoms. The van der Waals surface area contributed by atoms with E-state index in [0.29, 0.717) is 0 Å². The Kier molecular flexibility index (Phi) is 2.62. The van der Waals surface area contributed by atoms with Crippen LogP contribution in [0.1, 0.15) is 0 Å². The first-order chi connectivity index (χ1) is 4.47. The molecule has 0 amide bonds. The van der Waals surface area contributed by atoms with Crippen molar-refractivity contribution < 1.29 is 29.0 Å². The predicted octanol–water partition coefficient (Wildman–Crippen LogP) is -1.28. The molecule has 2 aromatic rings. The highest BCUT2D eigenvalue weighted by Gasteiger charge is 1.95. The van der Waals surface area contributed by atoms with E-state index in [0.717, 1.165) is 0 Å². The van der Waals surface area contributed by atoms with Gasteiger partial charge in [-0.05, 0) is 11.4 Å². The van der Waals surface area contributed by atoms with Crippen LogP contribution in [0.15, 0.2) is 29.8 Å². The molecule has 0 fully saturated rings. The Labute approximate surface area is 80.1 Å². The van der Waals surface area contributed by atoms with Gasteiger partial charge < -0.3 is 24.0 Å². The number of hydrogen-bond donors (Lipinski definition) is 0. The minimum absolute atomic E-state index is 0. The van der Waals surface area contributed by atoms with E-state index in [1.54, 1.807) is 11.3 Å². The minimum atomic E-state index is 0. The summed E-state index contributed by atoms with van der Waals surface area (Å²) in [6, 6.07) is 6.20. The molecule has 0 aromatic carbocycles. The van der Waals surface area contributed by atoms with E-state index in [2.05, 4.69) is 22.5 Å². The minimum Gasteiger partial charge on any atom is -1.00 e. The lowest BCUT2D eigenvalue weighted by Crippen LogP contribution is -3.00. The van der Waals surface area contributed by atoms with Crippen molar-refractivity contribution in [1.82, 2.24) is 0 Å². The third-order valence-electron chi connectivity index (χ3n) is 1.28.